The highest BCUT2D eigenvalue weighted by Crippen LogP contribution is 2.14. The highest BCUT2D eigenvalue weighted by Gasteiger charge is 2.23. The molecule has 1 aliphatic rings. The first kappa shape index (κ1) is 18.6. The van der Waals surface area contributed by atoms with Gasteiger partial charge in [-0.15, -0.1) is 11.3 Å². The van der Waals surface area contributed by atoms with Crippen LogP contribution in [0.3, 0.4) is 0 Å². The van der Waals surface area contributed by atoms with E-state index in [1.807, 2.05) is 19.1 Å². The lowest BCUT2D eigenvalue weighted by molar-refractivity contribution is -0.918. The predicted molar refractivity (Wildman–Crippen MR) is 103 cm³/mol. The third-order valence-electron chi connectivity index (χ3n) is 4.73. The number of hydrogen-bond donors (Lipinski definition) is 3. The van der Waals surface area contributed by atoms with Crippen LogP contribution in [0.5, 0.6) is 0 Å². The molecule has 138 valence electrons. The second-order valence-electron chi connectivity index (χ2n) is 6.85. The van der Waals surface area contributed by atoms with Crippen LogP contribution in [0.1, 0.15) is 33.0 Å². The number of rotatable bonds is 6. The van der Waals surface area contributed by atoms with E-state index >= 15 is 0 Å². The van der Waals surface area contributed by atoms with Crippen LogP contribution in [-0.2, 0) is 11.3 Å². The minimum Gasteiger partial charge on any atom is -0.351 e. The molecule has 2 amide bonds. The summed E-state index contributed by atoms with van der Waals surface area (Å²) in [6.45, 7) is 5.15. The van der Waals surface area contributed by atoms with Gasteiger partial charge in [-0.3, -0.25) is 9.59 Å². The standard InChI is InChI=1S/C20H25N3O2S/c1-15-7-8-18(26-15)20(25)21-13-19(24)22-17-9-11-23(12-10-17)14-16-5-3-2-4-6-16/h2-8,17H,9-14H2,1H3,(H,21,25)(H,22,24)/p+1. The van der Waals surface area contributed by atoms with Gasteiger partial charge in [0.1, 0.15) is 6.54 Å². The molecule has 1 aromatic heterocycles. The zero-order chi connectivity index (χ0) is 18.4. The van der Waals surface area contributed by atoms with Crippen LogP contribution in [-0.4, -0.2) is 37.5 Å². The molecule has 6 heteroatoms. The molecule has 0 radical (unpaired) electrons. The summed E-state index contributed by atoms with van der Waals surface area (Å²) in [6.07, 6.45) is 1.96. The Balaban J connectivity index is 1.36. The van der Waals surface area contributed by atoms with Crippen LogP contribution >= 0.6 is 11.3 Å². The van der Waals surface area contributed by atoms with Crippen molar-refractivity contribution < 1.29 is 14.5 Å². The SMILES string of the molecule is Cc1ccc(C(=O)NCC(=O)NC2CC[NH+](Cc3ccccc3)CC2)s1. The highest BCUT2D eigenvalue weighted by molar-refractivity contribution is 7.13. The van der Waals surface area contributed by atoms with Crippen molar-refractivity contribution in [3.05, 3.63) is 57.8 Å². The summed E-state index contributed by atoms with van der Waals surface area (Å²) in [6, 6.07) is 14.4. The van der Waals surface area contributed by atoms with Crippen LogP contribution in [0.15, 0.2) is 42.5 Å². The maximum Gasteiger partial charge on any atom is 0.261 e. The van der Waals surface area contributed by atoms with Gasteiger partial charge in [0.2, 0.25) is 5.91 Å². The topological polar surface area (TPSA) is 62.6 Å². The Morgan fingerprint density at radius 2 is 1.85 bits per heavy atom. The van der Waals surface area contributed by atoms with Gasteiger partial charge in [-0.05, 0) is 19.1 Å². The number of nitrogens with one attached hydrogen (secondary N) is 3. The van der Waals surface area contributed by atoms with Crippen LogP contribution in [0.2, 0.25) is 0 Å². The Morgan fingerprint density at radius 3 is 2.50 bits per heavy atom. The van der Waals surface area contributed by atoms with Gasteiger partial charge in [0.25, 0.3) is 5.91 Å². The number of thiophene rings is 1. The molecule has 1 fully saturated rings. The molecule has 1 aliphatic heterocycles. The Labute approximate surface area is 158 Å². The van der Waals surface area contributed by atoms with E-state index in [0.29, 0.717) is 4.88 Å². The van der Waals surface area contributed by atoms with E-state index in [4.69, 9.17) is 0 Å². The number of hydrogen-bond acceptors (Lipinski definition) is 3. The highest BCUT2D eigenvalue weighted by atomic mass is 32.1. The van der Waals surface area contributed by atoms with Crippen molar-refractivity contribution in [2.75, 3.05) is 19.6 Å². The average molecular weight is 373 g/mol. The van der Waals surface area contributed by atoms with E-state index in [1.165, 1.54) is 16.9 Å². The van der Waals surface area contributed by atoms with Crippen molar-refractivity contribution in [2.45, 2.75) is 32.4 Å². The van der Waals surface area contributed by atoms with E-state index < -0.39 is 0 Å². The van der Waals surface area contributed by atoms with Crippen molar-refractivity contribution >= 4 is 23.2 Å². The third kappa shape index (κ3) is 5.41. The molecule has 0 unspecified atom stereocenters. The molecule has 0 bridgehead atoms. The lowest BCUT2D eigenvalue weighted by Gasteiger charge is -2.29. The Bertz CT molecular complexity index is 737. The zero-order valence-electron chi connectivity index (χ0n) is 15.1. The van der Waals surface area contributed by atoms with E-state index in [0.717, 1.165) is 37.4 Å². The van der Waals surface area contributed by atoms with E-state index in [1.54, 1.807) is 11.0 Å². The molecule has 5 nitrogen and oxygen atoms in total. The van der Waals surface area contributed by atoms with Gasteiger partial charge >= 0.3 is 0 Å². The molecular weight excluding hydrogens is 346 g/mol. The van der Waals surface area contributed by atoms with E-state index in [9.17, 15) is 9.59 Å². The van der Waals surface area contributed by atoms with Gasteiger partial charge in [0, 0.05) is 29.3 Å². The summed E-state index contributed by atoms with van der Waals surface area (Å²) in [5.74, 6) is -0.288. The smallest absolute Gasteiger partial charge is 0.261 e. The normalized spacial score (nSPS) is 19.7. The molecule has 26 heavy (non-hydrogen) atoms. The first-order chi connectivity index (χ1) is 12.6. The molecule has 3 rings (SSSR count). The second-order valence-corrected chi connectivity index (χ2v) is 8.14. The second kappa shape index (κ2) is 8.96. The van der Waals surface area contributed by atoms with Crippen molar-refractivity contribution in [3.8, 4) is 0 Å². The van der Waals surface area contributed by atoms with Crippen LogP contribution < -0.4 is 15.5 Å². The molecule has 1 saturated heterocycles. The van der Waals surface area contributed by atoms with E-state index in [-0.39, 0.29) is 24.4 Å². The Morgan fingerprint density at radius 1 is 1.12 bits per heavy atom. The number of aryl methyl sites for hydroxylation is 1. The fourth-order valence-electron chi connectivity index (χ4n) is 3.31. The molecule has 0 saturated carbocycles. The van der Waals surface area contributed by atoms with Gasteiger partial charge in [-0.25, -0.2) is 0 Å². The quantitative estimate of drug-likeness (QED) is 0.712. The number of carbonyl (C=O) groups is 2. The molecule has 3 N–H and O–H groups in total. The first-order valence-electron chi connectivity index (χ1n) is 9.11. The zero-order valence-corrected chi connectivity index (χ0v) is 15.9. The molecule has 1 aromatic carbocycles. The Hall–Kier alpha value is -2.18. The minimum absolute atomic E-state index is 0.0346. The van der Waals surface area contributed by atoms with Crippen LogP contribution in [0, 0.1) is 6.92 Å². The maximum absolute atomic E-state index is 12.1. The molecule has 2 heterocycles. The number of quaternary nitrogens is 1. The summed E-state index contributed by atoms with van der Waals surface area (Å²) >= 11 is 1.44. The molecule has 0 spiro atoms. The minimum atomic E-state index is -0.180. The lowest BCUT2D eigenvalue weighted by atomic mass is 10.0. The molecule has 0 aliphatic carbocycles. The summed E-state index contributed by atoms with van der Waals surface area (Å²) in [5, 5.41) is 5.75. The number of carbonyl (C=O) groups excluding carboxylic acids is 2. The van der Waals surface area contributed by atoms with Gasteiger partial charge in [0.05, 0.1) is 24.5 Å². The third-order valence-corrected chi connectivity index (χ3v) is 5.73. The maximum atomic E-state index is 12.1. The number of benzene rings is 1. The largest absolute Gasteiger partial charge is 0.351 e. The van der Waals surface area contributed by atoms with Crippen molar-refractivity contribution in [3.63, 3.8) is 0 Å². The fourth-order valence-corrected chi connectivity index (χ4v) is 4.10. The van der Waals surface area contributed by atoms with Crippen molar-refractivity contribution in [1.82, 2.24) is 10.6 Å². The summed E-state index contributed by atoms with van der Waals surface area (Å²) in [5.41, 5.74) is 1.36. The molecule has 0 atom stereocenters. The van der Waals surface area contributed by atoms with Crippen LogP contribution in [0.4, 0.5) is 0 Å². The van der Waals surface area contributed by atoms with Gasteiger partial charge in [-0.1, -0.05) is 30.3 Å². The molecule has 2 aromatic rings. The predicted octanol–water partition coefficient (Wildman–Crippen LogP) is 1.15. The fraction of sp³-hybridized carbons (Fsp3) is 0.400. The Kier molecular flexibility index (Phi) is 6.41. The van der Waals surface area contributed by atoms with Gasteiger partial charge in [-0.2, -0.15) is 0 Å². The number of likely N-dealkylation sites (tertiary alicyclic amines) is 1. The number of amides is 2. The summed E-state index contributed by atoms with van der Waals surface area (Å²) in [4.78, 5) is 27.4. The van der Waals surface area contributed by atoms with Crippen LogP contribution in [0.25, 0.3) is 0 Å². The van der Waals surface area contributed by atoms with E-state index in [2.05, 4.69) is 34.9 Å². The lowest BCUT2D eigenvalue weighted by Crippen LogP contribution is -3.12. The summed E-state index contributed by atoms with van der Waals surface area (Å²) in [7, 11) is 0. The summed E-state index contributed by atoms with van der Waals surface area (Å²) < 4.78 is 0. The van der Waals surface area contributed by atoms with Crippen molar-refractivity contribution in [1.29, 1.82) is 0 Å². The number of piperidine rings is 1. The molecular formula is C20H26N3O2S+. The average Bonchev–Trinajstić information content (AvgIpc) is 3.09. The van der Waals surface area contributed by atoms with Crippen molar-refractivity contribution in [2.24, 2.45) is 0 Å². The van der Waals surface area contributed by atoms with Gasteiger partial charge < -0.3 is 15.5 Å². The monoisotopic (exact) mass is 372 g/mol. The van der Waals surface area contributed by atoms with Gasteiger partial charge in [0.15, 0.2) is 0 Å². The first-order valence-corrected chi connectivity index (χ1v) is 9.93.